The summed E-state index contributed by atoms with van der Waals surface area (Å²) in [5.74, 6) is 3.63. The Labute approximate surface area is 305 Å². The third kappa shape index (κ3) is 5.86. The summed E-state index contributed by atoms with van der Waals surface area (Å²) < 4.78 is 2.27. The van der Waals surface area contributed by atoms with Gasteiger partial charge < -0.3 is 4.57 Å². The predicted octanol–water partition coefficient (Wildman–Crippen LogP) is 9.98. The lowest BCUT2D eigenvalue weighted by Crippen LogP contribution is -2.04. The smallest absolute Gasteiger partial charge is 0.166 e. The highest BCUT2D eigenvalue weighted by molar-refractivity contribution is 6.10. The number of aryl methyl sites for hydroxylation is 2. The van der Waals surface area contributed by atoms with Gasteiger partial charge in [0.05, 0.1) is 28.4 Å². The molecule has 3 heterocycles. The maximum absolute atomic E-state index is 9.73. The first-order valence-electron chi connectivity index (χ1n) is 17.3. The third-order valence-electron chi connectivity index (χ3n) is 9.29. The molecule has 0 N–H and O–H groups in total. The Balaban J connectivity index is 1.36. The highest BCUT2D eigenvalue weighted by atomic mass is 15.1. The summed E-state index contributed by atoms with van der Waals surface area (Å²) >= 11 is 0. The molecule has 0 saturated carbocycles. The molecule has 8 heteroatoms. The van der Waals surface area contributed by atoms with E-state index >= 15 is 0 Å². The van der Waals surface area contributed by atoms with Crippen LogP contribution in [0.15, 0.2) is 146 Å². The van der Waals surface area contributed by atoms with Crippen molar-refractivity contribution in [3.8, 4) is 68.4 Å². The number of benzene rings is 6. The molecule has 0 aliphatic carbocycles. The molecule has 0 amide bonds. The highest BCUT2D eigenvalue weighted by Gasteiger charge is 2.21. The van der Waals surface area contributed by atoms with E-state index in [0.29, 0.717) is 40.5 Å². The van der Waals surface area contributed by atoms with Crippen LogP contribution in [0.2, 0.25) is 0 Å². The van der Waals surface area contributed by atoms with Gasteiger partial charge in [-0.25, -0.2) is 29.9 Å². The molecule has 0 unspecified atom stereocenters. The Morgan fingerprint density at radius 1 is 0.434 bits per heavy atom. The molecule has 0 aliphatic rings. The van der Waals surface area contributed by atoms with E-state index in [1.54, 1.807) is 0 Å². The van der Waals surface area contributed by atoms with Crippen LogP contribution in [0, 0.1) is 25.2 Å². The summed E-state index contributed by atoms with van der Waals surface area (Å²) in [4.78, 5) is 29.1. The van der Waals surface area contributed by atoms with Crippen LogP contribution < -0.4 is 0 Å². The summed E-state index contributed by atoms with van der Waals surface area (Å²) in [6, 6.07) is 51.0. The molecule has 9 rings (SSSR count). The topological polar surface area (TPSA) is 106 Å². The van der Waals surface area contributed by atoms with E-state index in [9.17, 15) is 5.26 Å². The minimum atomic E-state index is 0.525. The van der Waals surface area contributed by atoms with Crippen LogP contribution in [0.4, 0.5) is 0 Å². The van der Waals surface area contributed by atoms with Crippen molar-refractivity contribution in [2.45, 2.75) is 13.8 Å². The lowest BCUT2D eigenvalue weighted by atomic mass is 9.99. The standard InChI is InChI=1S/C45H30N8/c1-28-47-29(2)49-44(48-28)35-20-22-37-36-18-9-10-19-39(36)53(41(37)26-35)40-23-21-34(33-17-11-12-30(24-33)27-46)25-38(40)45-51-42(31-13-5-3-6-14-31)50-43(52-45)32-15-7-4-8-16-32/h3-26H,1-2H3. The van der Waals surface area contributed by atoms with Crippen LogP contribution in [0.3, 0.4) is 0 Å². The lowest BCUT2D eigenvalue weighted by Gasteiger charge is -2.16. The van der Waals surface area contributed by atoms with Crippen molar-refractivity contribution >= 4 is 21.8 Å². The number of para-hydroxylation sites is 1. The molecule has 3 aromatic heterocycles. The number of rotatable bonds is 6. The normalized spacial score (nSPS) is 11.2. The molecule has 8 nitrogen and oxygen atoms in total. The first-order chi connectivity index (χ1) is 26.0. The monoisotopic (exact) mass is 682 g/mol. The minimum Gasteiger partial charge on any atom is -0.308 e. The number of aromatic nitrogens is 7. The van der Waals surface area contributed by atoms with Crippen molar-refractivity contribution in [1.29, 1.82) is 5.26 Å². The van der Waals surface area contributed by atoms with Crippen molar-refractivity contribution in [2.24, 2.45) is 0 Å². The molecule has 0 bridgehead atoms. The van der Waals surface area contributed by atoms with E-state index in [0.717, 1.165) is 60.9 Å². The zero-order chi connectivity index (χ0) is 35.9. The first kappa shape index (κ1) is 31.6. The average molecular weight is 683 g/mol. The van der Waals surface area contributed by atoms with Gasteiger partial charge in [-0.15, -0.1) is 0 Å². The number of hydrogen-bond donors (Lipinski definition) is 0. The molecule has 0 fully saturated rings. The van der Waals surface area contributed by atoms with Crippen LogP contribution in [-0.2, 0) is 0 Å². The zero-order valence-corrected chi connectivity index (χ0v) is 28.9. The summed E-state index contributed by atoms with van der Waals surface area (Å²) in [5, 5.41) is 11.9. The summed E-state index contributed by atoms with van der Waals surface area (Å²) in [7, 11) is 0. The van der Waals surface area contributed by atoms with E-state index in [1.165, 1.54) is 0 Å². The molecule has 0 saturated heterocycles. The Hall–Kier alpha value is -7.37. The Kier molecular flexibility index (Phi) is 7.79. The lowest BCUT2D eigenvalue weighted by molar-refractivity contribution is 0.928. The highest BCUT2D eigenvalue weighted by Crippen LogP contribution is 2.39. The zero-order valence-electron chi connectivity index (χ0n) is 28.9. The largest absolute Gasteiger partial charge is 0.308 e. The molecule has 0 radical (unpaired) electrons. The van der Waals surface area contributed by atoms with Gasteiger partial charge >= 0.3 is 0 Å². The number of nitrogens with zero attached hydrogens (tertiary/aromatic N) is 8. The third-order valence-corrected chi connectivity index (χ3v) is 9.29. The van der Waals surface area contributed by atoms with Crippen LogP contribution in [-0.4, -0.2) is 34.5 Å². The quantitative estimate of drug-likeness (QED) is 0.172. The van der Waals surface area contributed by atoms with Gasteiger partial charge in [0.15, 0.2) is 23.3 Å². The molecular weight excluding hydrogens is 653 g/mol. The van der Waals surface area contributed by atoms with Crippen molar-refractivity contribution in [2.75, 3.05) is 0 Å². The van der Waals surface area contributed by atoms with Crippen LogP contribution >= 0.6 is 0 Å². The number of nitriles is 1. The fourth-order valence-electron chi connectivity index (χ4n) is 6.90. The molecule has 0 spiro atoms. The minimum absolute atomic E-state index is 0.525. The Bertz CT molecular complexity index is 2800. The summed E-state index contributed by atoms with van der Waals surface area (Å²) in [5.41, 5.74) is 8.81. The van der Waals surface area contributed by atoms with Gasteiger partial charge in [-0.2, -0.15) is 5.26 Å². The SMILES string of the molecule is Cc1nc(C)nc(-c2ccc3c4ccccc4n(-c4ccc(-c5cccc(C#N)c5)cc4-c4nc(-c5ccccc5)nc(-c5ccccc5)n4)c3c2)n1. The maximum atomic E-state index is 9.73. The van der Waals surface area contributed by atoms with E-state index in [-0.39, 0.29) is 0 Å². The second-order valence-electron chi connectivity index (χ2n) is 12.8. The van der Waals surface area contributed by atoms with Gasteiger partial charge in [-0.3, -0.25) is 0 Å². The van der Waals surface area contributed by atoms with Crippen molar-refractivity contribution in [3.05, 3.63) is 163 Å². The van der Waals surface area contributed by atoms with E-state index < -0.39 is 0 Å². The Morgan fingerprint density at radius 3 is 1.70 bits per heavy atom. The van der Waals surface area contributed by atoms with Gasteiger partial charge in [-0.1, -0.05) is 109 Å². The number of hydrogen-bond acceptors (Lipinski definition) is 7. The average Bonchev–Trinajstić information content (AvgIpc) is 3.54. The van der Waals surface area contributed by atoms with Gasteiger partial charge in [0.1, 0.15) is 11.6 Å². The maximum Gasteiger partial charge on any atom is 0.166 e. The second kappa shape index (κ2) is 13.1. The fourth-order valence-corrected chi connectivity index (χ4v) is 6.90. The summed E-state index contributed by atoms with van der Waals surface area (Å²) in [6.07, 6.45) is 0. The van der Waals surface area contributed by atoms with Crippen molar-refractivity contribution in [1.82, 2.24) is 34.5 Å². The van der Waals surface area contributed by atoms with E-state index in [2.05, 4.69) is 86.3 Å². The molecule has 0 atom stereocenters. The summed E-state index contributed by atoms with van der Waals surface area (Å²) in [6.45, 7) is 3.77. The van der Waals surface area contributed by atoms with E-state index in [4.69, 9.17) is 15.0 Å². The molecule has 0 aliphatic heterocycles. The van der Waals surface area contributed by atoms with Crippen LogP contribution in [0.1, 0.15) is 17.2 Å². The molecule has 53 heavy (non-hydrogen) atoms. The fraction of sp³-hybridized carbons (Fsp3) is 0.0444. The van der Waals surface area contributed by atoms with E-state index in [1.807, 2.05) is 98.8 Å². The first-order valence-corrected chi connectivity index (χ1v) is 17.3. The van der Waals surface area contributed by atoms with Gasteiger partial charge in [-0.05, 0) is 61.4 Å². The van der Waals surface area contributed by atoms with Crippen LogP contribution in [0.25, 0.3) is 84.2 Å². The van der Waals surface area contributed by atoms with Crippen molar-refractivity contribution < 1.29 is 0 Å². The molecule has 6 aromatic carbocycles. The van der Waals surface area contributed by atoms with Gasteiger partial charge in [0, 0.05) is 33.0 Å². The molecule has 250 valence electrons. The van der Waals surface area contributed by atoms with Crippen molar-refractivity contribution in [3.63, 3.8) is 0 Å². The molecular formula is C45H30N8. The second-order valence-corrected chi connectivity index (χ2v) is 12.8. The van der Waals surface area contributed by atoms with Gasteiger partial charge in [0.2, 0.25) is 0 Å². The molecule has 9 aromatic rings. The van der Waals surface area contributed by atoms with Crippen LogP contribution in [0.5, 0.6) is 0 Å². The Morgan fingerprint density at radius 2 is 1.00 bits per heavy atom. The predicted molar refractivity (Wildman–Crippen MR) is 209 cm³/mol. The van der Waals surface area contributed by atoms with Gasteiger partial charge in [0.25, 0.3) is 0 Å². The number of fused-ring (bicyclic) bond motifs is 3.